The largest absolute Gasteiger partial charge is 0.356 e. The van der Waals surface area contributed by atoms with Crippen LogP contribution in [0.2, 0.25) is 0 Å². The molecule has 0 aliphatic carbocycles. The maximum absolute atomic E-state index is 11.6. The van der Waals surface area contributed by atoms with Crippen molar-refractivity contribution in [3.63, 3.8) is 0 Å². The van der Waals surface area contributed by atoms with E-state index in [2.05, 4.69) is 27.4 Å². The van der Waals surface area contributed by atoms with Gasteiger partial charge in [-0.05, 0) is 63.6 Å². The van der Waals surface area contributed by atoms with Crippen LogP contribution in [0.3, 0.4) is 0 Å². The first-order valence-electron chi connectivity index (χ1n) is 10.0. The van der Waals surface area contributed by atoms with Gasteiger partial charge in [-0.2, -0.15) is 0 Å². The second-order valence-electron chi connectivity index (χ2n) is 7.86. The van der Waals surface area contributed by atoms with Crippen LogP contribution in [-0.2, 0) is 10.0 Å². The number of guanidine groups is 1. The Bertz CT molecular complexity index is 542. The van der Waals surface area contributed by atoms with Gasteiger partial charge in [0.2, 0.25) is 10.0 Å². The molecule has 2 fully saturated rings. The lowest BCUT2D eigenvalue weighted by Gasteiger charge is -2.31. The van der Waals surface area contributed by atoms with Gasteiger partial charge >= 0.3 is 0 Å². The van der Waals surface area contributed by atoms with E-state index in [0.717, 1.165) is 50.8 Å². The lowest BCUT2D eigenvalue weighted by molar-refractivity contribution is 0.191. The molecule has 0 atom stereocenters. The van der Waals surface area contributed by atoms with Crippen LogP contribution in [0.1, 0.15) is 39.0 Å². The van der Waals surface area contributed by atoms with E-state index in [9.17, 15) is 8.42 Å². The number of nitrogens with one attached hydrogen (secondary N) is 2. The number of rotatable bonds is 7. The number of hydrogen-bond acceptors (Lipinski definition) is 4. The normalized spacial score (nSPS) is 21.7. The van der Waals surface area contributed by atoms with Crippen LogP contribution < -0.4 is 10.6 Å². The van der Waals surface area contributed by atoms with Crippen molar-refractivity contribution in [3.05, 3.63) is 0 Å². The second kappa shape index (κ2) is 12.4. The van der Waals surface area contributed by atoms with Crippen molar-refractivity contribution in [1.82, 2.24) is 19.8 Å². The van der Waals surface area contributed by atoms with Gasteiger partial charge in [-0.15, -0.1) is 24.0 Å². The van der Waals surface area contributed by atoms with E-state index >= 15 is 0 Å². The SMILES string of the molecule is CN=C(NCCCN1CCC(C)CC1)NCC1CCN(S(C)(=O)=O)CC1.I. The standard InChI is InChI=1S/C18H37N5O2S.HI/c1-16-5-11-22(12-6-16)10-4-9-20-18(19-2)21-15-17-7-13-23(14-8-17)26(3,24)25;/h16-17H,4-15H2,1-3H3,(H2,19,20,21);1H. The lowest BCUT2D eigenvalue weighted by Crippen LogP contribution is -2.44. The summed E-state index contributed by atoms with van der Waals surface area (Å²) < 4.78 is 24.7. The van der Waals surface area contributed by atoms with E-state index < -0.39 is 10.0 Å². The van der Waals surface area contributed by atoms with Crippen molar-refractivity contribution >= 4 is 40.0 Å². The van der Waals surface area contributed by atoms with Crippen molar-refractivity contribution in [2.24, 2.45) is 16.8 Å². The smallest absolute Gasteiger partial charge is 0.211 e. The van der Waals surface area contributed by atoms with Gasteiger partial charge in [0.25, 0.3) is 0 Å². The van der Waals surface area contributed by atoms with Crippen LogP contribution in [0.25, 0.3) is 0 Å². The molecule has 0 amide bonds. The molecule has 0 aromatic heterocycles. The zero-order valence-electron chi connectivity index (χ0n) is 17.1. The Kier molecular flexibility index (Phi) is 11.5. The third-order valence-corrected chi connectivity index (χ3v) is 6.95. The maximum atomic E-state index is 11.6. The maximum Gasteiger partial charge on any atom is 0.211 e. The molecule has 160 valence electrons. The Morgan fingerprint density at radius 1 is 1.07 bits per heavy atom. The molecule has 0 aromatic rings. The van der Waals surface area contributed by atoms with Crippen LogP contribution in [0.5, 0.6) is 0 Å². The molecule has 0 spiro atoms. The molecule has 2 heterocycles. The average molecular weight is 516 g/mol. The average Bonchev–Trinajstić information content (AvgIpc) is 2.62. The molecule has 7 nitrogen and oxygen atoms in total. The van der Waals surface area contributed by atoms with E-state index in [1.54, 1.807) is 11.4 Å². The molecule has 0 aromatic carbocycles. The summed E-state index contributed by atoms with van der Waals surface area (Å²) in [5.74, 6) is 2.24. The fourth-order valence-corrected chi connectivity index (χ4v) is 4.58. The number of aliphatic imine (C=N–C) groups is 1. The molecular weight excluding hydrogens is 477 g/mol. The molecule has 0 saturated carbocycles. The summed E-state index contributed by atoms with van der Waals surface area (Å²) in [6, 6.07) is 0. The minimum Gasteiger partial charge on any atom is -0.356 e. The van der Waals surface area contributed by atoms with Crippen LogP contribution >= 0.6 is 24.0 Å². The Morgan fingerprint density at radius 3 is 2.26 bits per heavy atom. The highest BCUT2D eigenvalue weighted by Crippen LogP contribution is 2.18. The zero-order valence-corrected chi connectivity index (χ0v) is 20.3. The van der Waals surface area contributed by atoms with Gasteiger partial charge < -0.3 is 15.5 Å². The topological polar surface area (TPSA) is 77.0 Å². The first-order chi connectivity index (χ1) is 12.4. The number of hydrogen-bond donors (Lipinski definition) is 2. The molecule has 2 rings (SSSR count). The highest BCUT2D eigenvalue weighted by atomic mass is 127. The molecule has 2 saturated heterocycles. The van der Waals surface area contributed by atoms with Gasteiger partial charge in [0.15, 0.2) is 5.96 Å². The fourth-order valence-electron chi connectivity index (χ4n) is 3.70. The van der Waals surface area contributed by atoms with Gasteiger partial charge in [-0.1, -0.05) is 6.92 Å². The van der Waals surface area contributed by atoms with Gasteiger partial charge in [-0.25, -0.2) is 12.7 Å². The molecule has 2 aliphatic heterocycles. The first kappa shape index (κ1) is 24.9. The number of sulfonamides is 1. The van der Waals surface area contributed by atoms with E-state index in [-0.39, 0.29) is 24.0 Å². The van der Waals surface area contributed by atoms with Crippen molar-refractivity contribution in [2.45, 2.75) is 39.0 Å². The van der Waals surface area contributed by atoms with Crippen LogP contribution in [0, 0.1) is 11.8 Å². The summed E-state index contributed by atoms with van der Waals surface area (Å²) in [5, 5.41) is 6.79. The first-order valence-corrected chi connectivity index (χ1v) is 11.9. The van der Waals surface area contributed by atoms with Crippen molar-refractivity contribution in [2.75, 3.05) is 59.1 Å². The van der Waals surface area contributed by atoms with Crippen LogP contribution in [0.4, 0.5) is 0 Å². The van der Waals surface area contributed by atoms with E-state index in [4.69, 9.17) is 0 Å². The Hall–Kier alpha value is -0.130. The lowest BCUT2D eigenvalue weighted by atomic mass is 9.98. The molecule has 2 aliphatic rings. The molecule has 2 N–H and O–H groups in total. The van der Waals surface area contributed by atoms with Crippen LogP contribution in [0.15, 0.2) is 4.99 Å². The quantitative estimate of drug-likeness (QED) is 0.233. The van der Waals surface area contributed by atoms with Gasteiger partial charge in [-0.3, -0.25) is 4.99 Å². The summed E-state index contributed by atoms with van der Waals surface area (Å²) in [4.78, 5) is 6.86. The molecule has 0 bridgehead atoms. The summed E-state index contributed by atoms with van der Waals surface area (Å²) >= 11 is 0. The van der Waals surface area contributed by atoms with Crippen molar-refractivity contribution in [1.29, 1.82) is 0 Å². The Balaban J connectivity index is 0.00000364. The minimum absolute atomic E-state index is 0. The summed E-state index contributed by atoms with van der Waals surface area (Å²) in [6.45, 7) is 9.01. The zero-order chi connectivity index (χ0) is 19.0. The highest BCUT2D eigenvalue weighted by molar-refractivity contribution is 14.0. The van der Waals surface area contributed by atoms with Gasteiger partial charge in [0.1, 0.15) is 0 Å². The van der Waals surface area contributed by atoms with E-state index in [1.165, 1.54) is 32.2 Å². The van der Waals surface area contributed by atoms with Crippen molar-refractivity contribution < 1.29 is 8.42 Å². The minimum atomic E-state index is -3.04. The third kappa shape index (κ3) is 9.27. The molecule has 0 unspecified atom stereocenters. The van der Waals surface area contributed by atoms with E-state index in [0.29, 0.717) is 19.0 Å². The number of likely N-dealkylation sites (tertiary alicyclic amines) is 1. The monoisotopic (exact) mass is 515 g/mol. The predicted molar refractivity (Wildman–Crippen MR) is 123 cm³/mol. The van der Waals surface area contributed by atoms with E-state index in [1.807, 2.05) is 0 Å². The fraction of sp³-hybridized carbons (Fsp3) is 0.944. The van der Waals surface area contributed by atoms with Crippen molar-refractivity contribution in [3.8, 4) is 0 Å². The highest BCUT2D eigenvalue weighted by Gasteiger charge is 2.24. The molecule has 0 radical (unpaired) electrons. The number of halogens is 1. The summed E-state index contributed by atoms with van der Waals surface area (Å²) in [6.07, 6.45) is 6.89. The van der Waals surface area contributed by atoms with Crippen LogP contribution in [-0.4, -0.2) is 82.7 Å². The Morgan fingerprint density at radius 2 is 1.70 bits per heavy atom. The number of piperidine rings is 2. The van der Waals surface area contributed by atoms with Gasteiger partial charge in [0.05, 0.1) is 6.26 Å². The Labute approximate surface area is 182 Å². The molecule has 27 heavy (non-hydrogen) atoms. The number of nitrogens with zero attached hydrogens (tertiary/aromatic N) is 3. The molecule has 9 heteroatoms. The summed E-state index contributed by atoms with van der Waals surface area (Å²) in [5.41, 5.74) is 0. The predicted octanol–water partition coefficient (Wildman–Crippen LogP) is 1.56. The summed E-state index contributed by atoms with van der Waals surface area (Å²) in [7, 11) is -1.24. The third-order valence-electron chi connectivity index (χ3n) is 5.64. The van der Waals surface area contributed by atoms with Gasteiger partial charge in [0, 0.05) is 33.2 Å². The molecular formula is C18H38IN5O2S. The second-order valence-corrected chi connectivity index (χ2v) is 9.85.